The highest BCUT2D eigenvalue weighted by Crippen LogP contribution is 2.23. The summed E-state index contributed by atoms with van der Waals surface area (Å²) < 4.78 is 0. The average Bonchev–Trinajstić information content (AvgIpc) is 2.21. The predicted octanol–water partition coefficient (Wildman–Crippen LogP) is 4.00. The summed E-state index contributed by atoms with van der Waals surface area (Å²) in [5, 5.41) is 3.58. The minimum absolute atomic E-state index is 0.504. The van der Waals surface area contributed by atoms with Crippen LogP contribution >= 0.6 is 0 Å². The lowest BCUT2D eigenvalue weighted by atomic mass is 9.94. The largest absolute Gasteiger partial charge is 0.310 e. The standard InChI is InChI=1S/C15H25N/c1-6-16-15(9-11(2)3)14-8-7-12(4)13(5)10-14/h7-8,10-11,15-16H,6,9H2,1-5H3. The van der Waals surface area contributed by atoms with E-state index in [2.05, 4.69) is 58.1 Å². The first-order valence-electron chi connectivity index (χ1n) is 6.35. The molecular weight excluding hydrogens is 194 g/mol. The van der Waals surface area contributed by atoms with Crippen LogP contribution in [0.15, 0.2) is 18.2 Å². The van der Waals surface area contributed by atoms with Crippen molar-refractivity contribution in [3.8, 4) is 0 Å². The molecule has 1 rings (SSSR count). The summed E-state index contributed by atoms with van der Waals surface area (Å²) in [7, 11) is 0. The second-order valence-corrected chi connectivity index (χ2v) is 5.08. The molecule has 1 unspecified atom stereocenters. The van der Waals surface area contributed by atoms with Gasteiger partial charge in [0.2, 0.25) is 0 Å². The smallest absolute Gasteiger partial charge is 0.0322 e. The molecular formula is C15H25N. The molecule has 0 fully saturated rings. The van der Waals surface area contributed by atoms with Gasteiger partial charge in [-0.2, -0.15) is 0 Å². The van der Waals surface area contributed by atoms with Gasteiger partial charge in [0.1, 0.15) is 0 Å². The van der Waals surface area contributed by atoms with Crippen molar-refractivity contribution in [2.45, 2.75) is 47.1 Å². The van der Waals surface area contributed by atoms with E-state index >= 15 is 0 Å². The monoisotopic (exact) mass is 219 g/mol. The van der Waals surface area contributed by atoms with Gasteiger partial charge < -0.3 is 5.32 Å². The topological polar surface area (TPSA) is 12.0 Å². The molecule has 1 nitrogen and oxygen atoms in total. The number of hydrogen-bond acceptors (Lipinski definition) is 1. The number of nitrogens with one attached hydrogen (secondary N) is 1. The molecule has 1 atom stereocenters. The number of aryl methyl sites for hydroxylation is 2. The molecule has 1 heteroatoms. The highest BCUT2D eigenvalue weighted by atomic mass is 14.9. The molecule has 16 heavy (non-hydrogen) atoms. The van der Waals surface area contributed by atoms with Crippen molar-refractivity contribution >= 4 is 0 Å². The zero-order valence-electron chi connectivity index (χ0n) is 11.3. The maximum absolute atomic E-state index is 3.58. The summed E-state index contributed by atoms with van der Waals surface area (Å²) >= 11 is 0. The van der Waals surface area contributed by atoms with Crippen LogP contribution < -0.4 is 5.32 Å². The van der Waals surface area contributed by atoms with Crippen molar-refractivity contribution in [3.05, 3.63) is 34.9 Å². The Kier molecular flexibility index (Phi) is 5.01. The highest BCUT2D eigenvalue weighted by Gasteiger charge is 2.12. The molecule has 0 aliphatic carbocycles. The Morgan fingerprint density at radius 1 is 1.12 bits per heavy atom. The van der Waals surface area contributed by atoms with Crippen molar-refractivity contribution in [2.75, 3.05) is 6.54 Å². The van der Waals surface area contributed by atoms with Gasteiger partial charge in [0.15, 0.2) is 0 Å². The Morgan fingerprint density at radius 3 is 2.31 bits per heavy atom. The molecule has 1 N–H and O–H groups in total. The van der Waals surface area contributed by atoms with Crippen molar-refractivity contribution in [1.29, 1.82) is 0 Å². The molecule has 0 aliphatic heterocycles. The van der Waals surface area contributed by atoms with Gasteiger partial charge in [-0.3, -0.25) is 0 Å². The van der Waals surface area contributed by atoms with Gasteiger partial charge in [-0.25, -0.2) is 0 Å². The van der Waals surface area contributed by atoms with Crippen LogP contribution in [0.4, 0.5) is 0 Å². The number of rotatable bonds is 5. The average molecular weight is 219 g/mol. The Labute approximate surface area is 100 Å². The van der Waals surface area contributed by atoms with Crippen LogP contribution in [0, 0.1) is 19.8 Å². The molecule has 0 saturated carbocycles. The van der Waals surface area contributed by atoms with E-state index in [1.165, 1.54) is 23.1 Å². The molecule has 0 aromatic heterocycles. The first-order valence-corrected chi connectivity index (χ1v) is 6.35. The van der Waals surface area contributed by atoms with Gasteiger partial charge in [-0.05, 0) is 49.4 Å². The van der Waals surface area contributed by atoms with E-state index in [1.54, 1.807) is 0 Å². The third kappa shape index (κ3) is 3.64. The quantitative estimate of drug-likeness (QED) is 0.789. The van der Waals surface area contributed by atoms with Crippen LogP contribution in [-0.4, -0.2) is 6.54 Å². The third-order valence-electron chi connectivity index (χ3n) is 3.09. The van der Waals surface area contributed by atoms with E-state index in [0.29, 0.717) is 6.04 Å². The molecule has 0 saturated heterocycles. The molecule has 0 spiro atoms. The SMILES string of the molecule is CCNC(CC(C)C)c1ccc(C)c(C)c1. The van der Waals surface area contributed by atoms with Gasteiger partial charge in [0.05, 0.1) is 0 Å². The van der Waals surface area contributed by atoms with Crippen LogP contribution in [0.1, 0.15) is 49.9 Å². The first kappa shape index (κ1) is 13.2. The van der Waals surface area contributed by atoms with Gasteiger partial charge in [0.25, 0.3) is 0 Å². The van der Waals surface area contributed by atoms with Crippen LogP contribution in [0.2, 0.25) is 0 Å². The molecule has 0 aliphatic rings. The van der Waals surface area contributed by atoms with Crippen molar-refractivity contribution < 1.29 is 0 Å². The van der Waals surface area contributed by atoms with E-state index in [-0.39, 0.29) is 0 Å². The normalized spacial score (nSPS) is 13.1. The minimum Gasteiger partial charge on any atom is -0.310 e. The Balaban J connectivity index is 2.87. The fourth-order valence-corrected chi connectivity index (χ4v) is 2.04. The fourth-order valence-electron chi connectivity index (χ4n) is 2.04. The summed E-state index contributed by atoms with van der Waals surface area (Å²) in [5.41, 5.74) is 4.20. The van der Waals surface area contributed by atoms with Crippen LogP contribution in [0.5, 0.6) is 0 Å². The van der Waals surface area contributed by atoms with Gasteiger partial charge in [-0.1, -0.05) is 39.0 Å². The first-order chi connectivity index (χ1) is 7.54. The second-order valence-electron chi connectivity index (χ2n) is 5.08. The zero-order chi connectivity index (χ0) is 12.1. The molecule has 0 heterocycles. The molecule has 0 radical (unpaired) electrons. The predicted molar refractivity (Wildman–Crippen MR) is 71.8 cm³/mol. The molecule has 1 aromatic rings. The maximum Gasteiger partial charge on any atom is 0.0322 e. The molecule has 90 valence electrons. The molecule has 0 bridgehead atoms. The number of hydrogen-bond donors (Lipinski definition) is 1. The van der Waals surface area contributed by atoms with E-state index in [0.717, 1.165) is 12.5 Å². The zero-order valence-corrected chi connectivity index (χ0v) is 11.3. The van der Waals surface area contributed by atoms with Gasteiger partial charge in [0, 0.05) is 6.04 Å². The van der Waals surface area contributed by atoms with E-state index in [4.69, 9.17) is 0 Å². The van der Waals surface area contributed by atoms with Crippen LogP contribution in [-0.2, 0) is 0 Å². The van der Waals surface area contributed by atoms with Crippen LogP contribution in [0.3, 0.4) is 0 Å². The van der Waals surface area contributed by atoms with E-state index in [9.17, 15) is 0 Å². The Morgan fingerprint density at radius 2 is 1.81 bits per heavy atom. The molecule has 1 aromatic carbocycles. The number of benzene rings is 1. The van der Waals surface area contributed by atoms with Gasteiger partial charge >= 0.3 is 0 Å². The highest BCUT2D eigenvalue weighted by molar-refractivity contribution is 5.31. The van der Waals surface area contributed by atoms with Crippen molar-refractivity contribution in [3.63, 3.8) is 0 Å². The lowest BCUT2D eigenvalue weighted by molar-refractivity contribution is 0.438. The van der Waals surface area contributed by atoms with E-state index < -0.39 is 0 Å². The van der Waals surface area contributed by atoms with Crippen molar-refractivity contribution in [2.24, 2.45) is 5.92 Å². The summed E-state index contributed by atoms with van der Waals surface area (Å²) in [5.74, 6) is 0.727. The maximum atomic E-state index is 3.58. The second kappa shape index (κ2) is 6.05. The minimum atomic E-state index is 0.504. The van der Waals surface area contributed by atoms with Crippen molar-refractivity contribution in [1.82, 2.24) is 5.32 Å². The lowest BCUT2D eigenvalue weighted by Gasteiger charge is -2.21. The summed E-state index contributed by atoms with van der Waals surface area (Å²) in [6.07, 6.45) is 1.20. The fraction of sp³-hybridized carbons (Fsp3) is 0.600. The summed E-state index contributed by atoms with van der Waals surface area (Å²) in [6.45, 7) is 12.1. The third-order valence-corrected chi connectivity index (χ3v) is 3.09. The Bertz CT molecular complexity index is 328. The van der Waals surface area contributed by atoms with E-state index in [1.807, 2.05) is 0 Å². The lowest BCUT2D eigenvalue weighted by Crippen LogP contribution is -2.22. The summed E-state index contributed by atoms with van der Waals surface area (Å²) in [6, 6.07) is 7.32. The summed E-state index contributed by atoms with van der Waals surface area (Å²) in [4.78, 5) is 0. The van der Waals surface area contributed by atoms with Gasteiger partial charge in [-0.15, -0.1) is 0 Å². The Hall–Kier alpha value is -0.820. The molecule has 0 amide bonds. The van der Waals surface area contributed by atoms with Crippen LogP contribution in [0.25, 0.3) is 0 Å².